The zero-order chi connectivity index (χ0) is 12.2. The van der Waals surface area contributed by atoms with Crippen LogP contribution in [0.3, 0.4) is 0 Å². The van der Waals surface area contributed by atoms with Gasteiger partial charge >= 0.3 is 0 Å². The Morgan fingerprint density at radius 2 is 2.11 bits per heavy atom. The molecular weight excluding hydrogens is 262 g/mol. The maximum absolute atomic E-state index is 4.10. The van der Waals surface area contributed by atoms with Crippen molar-refractivity contribution in [3.8, 4) is 0 Å². The SMILES string of the molecule is c1cc(C2CCCN(C3CSCCSC3)C2)[nH]n1. The normalized spacial score (nSPS) is 28.1. The van der Waals surface area contributed by atoms with Crippen molar-refractivity contribution in [2.24, 2.45) is 0 Å². The van der Waals surface area contributed by atoms with Crippen molar-refractivity contribution in [2.75, 3.05) is 36.1 Å². The van der Waals surface area contributed by atoms with Gasteiger partial charge in [0.05, 0.1) is 0 Å². The number of nitrogens with zero attached hydrogens (tertiary/aromatic N) is 2. The van der Waals surface area contributed by atoms with Crippen molar-refractivity contribution >= 4 is 23.5 Å². The lowest BCUT2D eigenvalue weighted by atomic mass is 9.94. The van der Waals surface area contributed by atoms with E-state index in [9.17, 15) is 0 Å². The van der Waals surface area contributed by atoms with Crippen molar-refractivity contribution in [3.63, 3.8) is 0 Å². The molecule has 2 aliphatic heterocycles. The van der Waals surface area contributed by atoms with E-state index in [1.54, 1.807) is 0 Å². The molecule has 1 N–H and O–H groups in total. The fraction of sp³-hybridized carbons (Fsp3) is 0.769. The van der Waals surface area contributed by atoms with Crippen LogP contribution in [-0.2, 0) is 0 Å². The Morgan fingerprint density at radius 3 is 2.83 bits per heavy atom. The summed E-state index contributed by atoms with van der Waals surface area (Å²) in [4.78, 5) is 2.72. The molecule has 1 atom stereocenters. The molecule has 18 heavy (non-hydrogen) atoms. The van der Waals surface area contributed by atoms with Gasteiger partial charge in [0, 0.05) is 53.4 Å². The number of rotatable bonds is 2. The zero-order valence-electron chi connectivity index (χ0n) is 10.7. The molecular formula is C13H21N3S2. The maximum Gasteiger partial charge on any atom is 0.0490 e. The van der Waals surface area contributed by atoms with Crippen molar-refractivity contribution in [2.45, 2.75) is 24.8 Å². The van der Waals surface area contributed by atoms with E-state index in [1.165, 1.54) is 54.6 Å². The van der Waals surface area contributed by atoms with Crippen molar-refractivity contribution in [1.29, 1.82) is 0 Å². The number of H-pyrrole nitrogens is 1. The zero-order valence-corrected chi connectivity index (χ0v) is 12.3. The molecule has 0 bridgehead atoms. The fourth-order valence-corrected chi connectivity index (χ4v) is 5.53. The van der Waals surface area contributed by atoms with Crippen LogP contribution in [0.1, 0.15) is 24.5 Å². The second kappa shape index (κ2) is 6.35. The minimum Gasteiger partial charge on any atom is -0.298 e. The highest BCUT2D eigenvalue weighted by Gasteiger charge is 2.27. The van der Waals surface area contributed by atoms with Crippen LogP contribution in [0.15, 0.2) is 12.3 Å². The molecule has 0 spiro atoms. The summed E-state index contributed by atoms with van der Waals surface area (Å²) >= 11 is 4.27. The van der Waals surface area contributed by atoms with Crippen LogP contribution in [0.4, 0.5) is 0 Å². The lowest BCUT2D eigenvalue weighted by Gasteiger charge is -2.37. The molecule has 100 valence electrons. The number of thioether (sulfide) groups is 2. The molecule has 0 aromatic carbocycles. The second-order valence-electron chi connectivity index (χ2n) is 5.15. The summed E-state index contributed by atoms with van der Waals surface area (Å²) in [5.74, 6) is 5.98. The molecule has 0 amide bonds. The highest BCUT2D eigenvalue weighted by molar-refractivity contribution is 8.03. The van der Waals surface area contributed by atoms with E-state index in [2.05, 4.69) is 44.7 Å². The molecule has 1 aromatic heterocycles. The molecule has 0 aliphatic carbocycles. The third-order valence-corrected chi connectivity index (χ3v) is 6.41. The molecule has 3 nitrogen and oxygen atoms in total. The Morgan fingerprint density at radius 1 is 1.28 bits per heavy atom. The number of aromatic nitrogens is 2. The first-order valence-corrected chi connectivity index (χ1v) is 9.13. The topological polar surface area (TPSA) is 31.9 Å². The smallest absolute Gasteiger partial charge is 0.0490 e. The summed E-state index contributed by atoms with van der Waals surface area (Å²) in [5.41, 5.74) is 1.33. The summed E-state index contributed by atoms with van der Waals surface area (Å²) in [6.45, 7) is 2.50. The number of piperidine rings is 1. The Hall–Kier alpha value is -0.130. The lowest BCUT2D eigenvalue weighted by molar-refractivity contribution is 0.171. The van der Waals surface area contributed by atoms with Crippen LogP contribution in [0, 0.1) is 0 Å². The van der Waals surface area contributed by atoms with Crippen molar-refractivity contribution < 1.29 is 0 Å². The number of hydrogen-bond acceptors (Lipinski definition) is 4. The summed E-state index contributed by atoms with van der Waals surface area (Å²) in [6.07, 6.45) is 4.52. The molecule has 0 saturated carbocycles. The Balaban J connectivity index is 1.62. The maximum atomic E-state index is 4.10. The van der Waals surface area contributed by atoms with Gasteiger partial charge in [0.1, 0.15) is 0 Å². The first-order valence-electron chi connectivity index (χ1n) is 6.82. The monoisotopic (exact) mass is 283 g/mol. The summed E-state index contributed by atoms with van der Waals surface area (Å²) in [5, 5.41) is 7.25. The standard InChI is InChI=1S/C13H21N3S2/c1-2-11(13-3-4-14-15-13)8-16(5-1)12-9-17-6-7-18-10-12/h3-4,11-12H,1-2,5-10H2,(H,14,15). The quantitative estimate of drug-likeness (QED) is 0.903. The third-order valence-electron chi connectivity index (χ3n) is 3.92. The molecule has 3 rings (SSSR count). The Bertz CT molecular complexity index is 347. The van der Waals surface area contributed by atoms with E-state index in [0.29, 0.717) is 5.92 Å². The summed E-state index contributed by atoms with van der Waals surface area (Å²) < 4.78 is 0. The molecule has 1 unspecified atom stereocenters. The van der Waals surface area contributed by atoms with Gasteiger partial charge in [0.2, 0.25) is 0 Å². The first kappa shape index (κ1) is 12.9. The second-order valence-corrected chi connectivity index (χ2v) is 7.45. The molecule has 0 radical (unpaired) electrons. The van der Waals surface area contributed by atoms with Crippen LogP contribution < -0.4 is 0 Å². The predicted molar refractivity (Wildman–Crippen MR) is 80.6 cm³/mol. The van der Waals surface area contributed by atoms with E-state index in [4.69, 9.17) is 0 Å². The summed E-state index contributed by atoms with van der Waals surface area (Å²) in [7, 11) is 0. The van der Waals surface area contributed by atoms with Gasteiger partial charge in [-0.1, -0.05) is 0 Å². The average Bonchev–Trinajstić information content (AvgIpc) is 2.82. The fourth-order valence-electron chi connectivity index (χ4n) is 2.90. The molecule has 1 aromatic rings. The van der Waals surface area contributed by atoms with Crippen molar-refractivity contribution in [1.82, 2.24) is 15.1 Å². The minimum atomic E-state index is 0.666. The van der Waals surface area contributed by atoms with Crippen LogP contribution in [0.25, 0.3) is 0 Å². The minimum absolute atomic E-state index is 0.666. The van der Waals surface area contributed by atoms with E-state index in [1.807, 2.05) is 6.20 Å². The van der Waals surface area contributed by atoms with Gasteiger partial charge in [0.25, 0.3) is 0 Å². The number of nitrogens with one attached hydrogen (secondary N) is 1. The average molecular weight is 283 g/mol. The van der Waals surface area contributed by atoms with Crippen LogP contribution in [0.2, 0.25) is 0 Å². The van der Waals surface area contributed by atoms with Gasteiger partial charge in [-0.05, 0) is 25.5 Å². The first-order chi connectivity index (χ1) is 8.93. The van der Waals surface area contributed by atoms with Gasteiger partial charge in [0.15, 0.2) is 0 Å². The number of aromatic amines is 1. The van der Waals surface area contributed by atoms with E-state index in [0.717, 1.165) is 6.04 Å². The molecule has 2 fully saturated rings. The Kier molecular flexibility index (Phi) is 4.54. The molecule has 5 heteroatoms. The van der Waals surface area contributed by atoms with E-state index in [-0.39, 0.29) is 0 Å². The highest BCUT2D eigenvalue weighted by atomic mass is 32.2. The van der Waals surface area contributed by atoms with Gasteiger partial charge in [-0.3, -0.25) is 10.00 Å². The van der Waals surface area contributed by atoms with Crippen LogP contribution in [0.5, 0.6) is 0 Å². The Labute approximate surface area is 117 Å². The van der Waals surface area contributed by atoms with E-state index < -0.39 is 0 Å². The summed E-state index contributed by atoms with van der Waals surface area (Å²) in [6, 6.07) is 2.93. The molecule has 2 aliphatic rings. The van der Waals surface area contributed by atoms with Crippen molar-refractivity contribution in [3.05, 3.63) is 18.0 Å². The van der Waals surface area contributed by atoms with Gasteiger partial charge in [-0.2, -0.15) is 28.6 Å². The van der Waals surface area contributed by atoms with Gasteiger partial charge in [-0.25, -0.2) is 0 Å². The predicted octanol–water partition coefficient (Wildman–Crippen LogP) is 2.44. The molecule has 3 heterocycles. The van der Waals surface area contributed by atoms with E-state index >= 15 is 0 Å². The van der Waals surface area contributed by atoms with Gasteiger partial charge < -0.3 is 0 Å². The largest absolute Gasteiger partial charge is 0.298 e. The number of hydrogen-bond donors (Lipinski definition) is 1. The number of likely N-dealkylation sites (tertiary alicyclic amines) is 1. The third kappa shape index (κ3) is 3.06. The van der Waals surface area contributed by atoms with Crippen LogP contribution in [-0.4, -0.2) is 57.2 Å². The van der Waals surface area contributed by atoms with Gasteiger partial charge in [-0.15, -0.1) is 0 Å². The highest BCUT2D eigenvalue weighted by Crippen LogP contribution is 2.29. The lowest BCUT2D eigenvalue weighted by Crippen LogP contribution is -2.44. The molecule has 2 saturated heterocycles. The van der Waals surface area contributed by atoms with Crippen LogP contribution >= 0.6 is 23.5 Å².